The first-order valence-electron chi connectivity index (χ1n) is 7.04. The van der Waals surface area contributed by atoms with Crippen LogP contribution in [-0.4, -0.2) is 41.0 Å². The normalized spacial score (nSPS) is 23.0. The van der Waals surface area contributed by atoms with E-state index in [0.717, 1.165) is 37.7 Å². The second kappa shape index (κ2) is 4.94. The van der Waals surface area contributed by atoms with Crippen molar-refractivity contribution in [2.75, 3.05) is 26.2 Å². The second-order valence-corrected chi connectivity index (χ2v) is 5.53. The van der Waals surface area contributed by atoms with E-state index in [1.165, 1.54) is 18.5 Å². The SMILES string of the molecule is Cc1cc(C2CC2)nc(C(C)N2CCNCC2)n1. The predicted molar refractivity (Wildman–Crippen MR) is 71.6 cm³/mol. The summed E-state index contributed by atoms with van der Waals surface area (Å²) in [5.74, 6) is 1.72. The van der Waals surface area contributed by atoms with Gasteiger partial charge in [0, 0.05) is 43.5 Å². The van der Waals surface area contributed by atoms with Crippen molar-refractivity contribution in [3.8, 4) is 0 Å². The van der Waals surface area contributed by atoms with Gasteiger partial charge in [-0.15, -0.1) is 0 Å². The fourth-order valence-electron chi connectivity index (χ4n) is 2.62. The lowest BCUT2D eigenvalue weighted by molar-refractivity contribution is 0.179. The summed E-state index contributed by atoms with van der Waals surface area (Å²) in [6.45, 7) is 8.66. The van der Waals surface area contributed by atoms with Crippen LogP contribution in [0.4, 0.5) is 0 Å². The number of hydrogen-bond donors (Lipinski definition) is 1. The van der Waals surface area contributed by atoms with Gasteiger partial charge in [0.15, 0.2) is 0 Å². The molecule has 2 fully saturated rings. The molecule has 1 aromatic heterocycles. The van der Waals surface area contributed by atoms with E-state index in [2.05, 4.69) is 35.1 Å². The van der Waals surface area contributed by atoms with Gasteiger partial charge in [0.1, 0.15) is 5.82 Å². The quantitative estimate of drug-likeness (QED) is 0.880. The summed E-state index contributed by atoms with van der Waals surface area (Å²) in [4.78, 5) is 11.9. The van der Waals surface area contributed by atoms with Crippen LogP contribution in [0.5, 0.6) is 0 Å². The molecule has 0 bridgehead atoms. The maximum Gasteiger partial charge on any atom is 0.145 e. The average molecular weight is 246 g/mol. The zero-order valence-corrected chi connectivity index (χ0v) is 11.3. The van der Waals surface area contributed by atoms with Crippen LogP contribution in [0.3, 0.4) is 0 Å². The molecule has 1 aromatic rings. The standard InChI is InChI=1S/C14H22N4/c1-10-9-13(12-3-4-12)17-14(16-10)11(2)18-7-5-15-6-8-18/h9,11-12,15H,3-8H2,1-2H3. The molecule has 4 heteroatoms. The van der Waals surface area contributed by atoms with Gasteiger partial charge < -0.3 is 5.32 Å². The van der Waals surface area contributed by atoms with Crippen molar-refractivity contribution in [3.05, 3.63) is 23.3 Å². The van der Waals surface area contributed by atoms with Crippen molar-refractivity contribution < 1.29 is 0 Å². The molecule has 18 heavy (non-hydrogen) atoms. The van der Waals surface area contributed by atoms with Crippen LogP contribution in [0.2, 0.25) is 0 Å². The number of nitrogens with one attached hydrogen (secondary N) is 1. The van der Waals surface area contributed by atoms with Gasteiger partial charge in [0.25, 0.3) is 0 Å². The van der Waals surface area contributed by atoms with Crippen LogP contribution in [0.1, 0.15) is 48.9 Å². The van der Waals surface area contributed by atoms with Crippen LogP contribution in [0.25, 0.3) is 0 Å². The van der Waals surface area contributed by atoms with Crippen molar-refractivity contribution in [2.24, 2.45) is 0 Å². The highest BCUT2D eigenvalue weighted by molar-refractivity contribution is 5.19. The Balaban J connectivity index is 1.81. The number of rotatable bonds is 3. The Morgan fingerprint density at radius 3 is 2.67 bits per heavy atom. The molecule has 2 heterocycles. The topological polar surface area (TPSA) is 41.1 Å². The zero-order valence-electron chi connectivity index (χ0n) is 11.3. The predicted octanol–water partition coefficient (Wildman–Crippen LogP) is 1.63. The minimum Gasteiger partial charge on any atom is -0.314 e. The van der Waals surface area contributed by atoms with Crippen molar-refractivity contribution in [1.29, 1.82) is 0 Å². The van der Waals surface area contributed by atoms with Gasteiger partial charge in [-0.3, -0.25) is 4.90 Å². The Morgan fingerprint density at radius 2 is 2.00 bits per heavy atom. The van der Waals surface area contributed by atoms with Gasteiger partial charge in [-0.1, -0.05) is 0 Å². The number of hydrogen-bond acceptors (Lipinski definition) is 4. The Labute approximate surface area is 109 Å². The molecule has 1 N–H and O–H groups in total. The van der Waals surface area contributed by atoms with Gasteiger partial charge in [-0.25, -0.2) is 9.97 Å². The Kier molecular flexibility index (Phi) is 3.31. The summed E-state index contributed by atoms with van der Waals surface area (Å²) in [7, 11) is 0. The lowest BCUT2D eigenvalue weighted by atomic mass is 10.2. The lowest BCUT2D eigenvalue weighted by Crippen LogP contribution is -2.44. The van der Waals surface area contributed by atoms with Crippen LogP contribution in [0, 0.1) is 6.92 Å². The van der Waals surface area contributed by atoms with Gasteiger partial charge in [0.2, 0.25) is 0 Å². The molecular formula is C14H22N4. The first kappa shape index (κ1) is 12.1. The number of nitrogens with zero attached hydrogens (tertiary/aromatic N) is 3. The lowest BCUT2D eigenvalue weighted by Gasteiger charge is -2.32. The highest BCUT2D eigenvalue weighted by Gasteiger charge is 2.27. The minimum absolute atomic E-state index is 0.337. The Bertz CT molecular complexity index is 422. The van der Waals surface area contributed by atoms with Crippen molar-refractivity contribution in [3.63, 3.8) is 0 Å². The van der Waals surface area contributed by atoms with Crippen LogP contribution < -0.4 is 5.32 Å². The highest BCUT2D eigenvalue weighted by atomic mass is 15.2. The molecule has 0 radical (unpaired) electrons. The Morgan fingerprint density at radius 1 is 1.28 bits per heavy atom. The largest absolute Gasteiger partial charge is 0.314 e. The fourth-order valence-corrected chi connectivity index (χ4v) is 2.62. The Hall–Kier alpha value is -1.00. The van der Waals surface area contributed by atoms with Gasteiger partial charge in [-0.05, 0) is 32.8 Å². The molecule has 0 spiro atoms. The molecule has 1 saturated carbocycles. The third-order valence-electron chi connectivity index (χ3n) is 3.96. The van der Waals surface area contributed by atoms with Crippen molar-refractivity contribution in [2.45, 2.75) is 38.6 Å². The molecule has 0 aromatic carbocycles. The maximum atomic E-state index is 4.80. The number of aryl methyl sites for hydroxylation is 1. The van der Waals surface area contributed by atoms with Crippen LogP contribution >= 0.6 is 0 Å². The minimum atomic E-state index is 0.337. The zero-order chi connectivity index (χ0) is 12.5. The molecule has 1 atom stereocenters. The van der Waals surface area contributed by atoms with E-state index in [9.17, 15) is 0 Å². The van der Waals surface area contributed by atoms with Crippen molar-refractivity contribution >= 4 is 0 Å². The third-order valence-corrected chi connectivity index (χ3v) is 3.96. The number of piperazine rings is 1. The second-order valence-electron chi connectivity index (χ2n) is 5.53. The molecule has 1 aliphatic heterocycles. The van der Waals surface area contributed by atoms with Gasteiger partial charge in [0.05, 0.1) is 6.04 Å². The van der Waals surface area contributed by atoms with E-state index in [0.29, 0.717) is 12.0 Å². The summed E-state index contributed by atoms with van der Waals surface area (Å²) in [5, 5.41) is 3.39. The molecule has 3 rings (SSSR count). The summed E-state index contributed by atoms with van der Waals surface area (Å²) in [6, 6.07) is 2.50. The van der Waals surface area contributed by atoms with E-state index >= 15 is 0 Å². The van der Waals surface area contributed by atoms with Crippen molar-refractivity contribution in [1.82, 2.24) is 20.2 Å². The summed E-state index contributed by atoms with van der Waals surface area (Å²) < 4.78 is 0. The smallest absolute Gasteiger partial charge is 0.145 e. The molecule has 1 unspecified atom stereocenters. The molecule has 0 amide bonds. The van der Waals surface area contributed by atoms with E-state index in [1.54, 1.807) is 0 Å². The molecule has 1 aliphatic carbocycles. The van der Waals surface area contributed by atoms with Crippen LogP contribution in [-0.2, 0) is 0 Å². The summed E-state index contributed by atoms with van der Waals surface area (Å²) in [6.07, 6.45) is 2.61. The molecular weight excluding hydrogens is 224 g/mol. The monoisotopic (exact) mass is 246 g/mol. The average Bonchev–Trinajstić information content (AvgIpc) is 3.22. The highest BCUT2D eigenvalue weighted by Crippen LogP contribution is 2.39. The summed E-state index contributed by atoms with van der Waals surface area (Å²) >= 11 is 0. The van der Waals surface area contributed by atoms with Crippen LogP contribution in [0.15, 0.2) is 6.07 Å². The molecule has 1 saturated heterocycles. The van der Waals surface area contributed by atoms with E-state index in [4.69, 9.17) is 4.98 Å². The van der Waals surface area contributed by atoms with E-state index in [-0.39, 0.29) is 0 Å². The fraction of sp³-hybridized carbons (Fsp3) is 0.714. The number of aromatic nitrogens is 2. The van der Waals surface area contributed by atoms with E-state index in [1.807, 2.05) is 0 Å². The first-order valence-corrected chi connectivity index (χ1v) is 7.04. The van der Waals surface area contributed by atoms with Gasteiger partial charge >= 0.3 is 0 Å². The first-order chi connectivity index (χ1) is 8.74. The summed E-state index contributed by atoms with van der Waals surface area (Å²) in [5.41, 5.74) is 2.38. The molecule has 2 aliphatic rings. The molecule has 98 valence electrons. The van der Waals surface area contributed by atoms with E-state index < -0.39 is 0 Å². The molecule has 4 nitrogen and oxygen atoms in total. The maximum absolute atomic E-state index is 4.80. The van der Waals surface area contributed by atoms with Gasteiger partial charge in [-0.2, -0.15) is 0 Å². The third kappa shape index (κ3) is 2.54.